The van der Waals surface area contributed by atoms with Gasteiger partial charge in [-0.25, -0.2) is 4.98 Å². The summed E-state index contributed by atoms with van der Waals surface area (Å²) in [5.74, 6) is 1.14. The maximum atomic E-state index is 4.60. The monoisotopic (exact) mass is 233 g/mol. The topological polar surface area (TPSA) is 28.2 Å². The second-order valence-corrected chi connectivity index (χ2v) is 4.78. The van der Waals surface area contributed by atoms with Gasteiger partial charge >= 0.3 is 0 Å². The van der Waals surface area contributed by atoms with Gasteiger partial charge < -0.3 is 10.2 Å². The molecule has 94 valence electrons. The van der Waals surface area contributed by atoms with Crippen molar-refractivity contribution in [2.45, 2.75) is 45.2 Å². The van der Waals surface area contributed by atoms with Gasteiger partial charge in [0.2, 0.25) is 0 Å². The summed E-state index contributed by atoms with van der Waals surface area (Å²) in [5.41, 5.74) is 1.25. The average molecular weight is 233 g/mol. The van der Waals surface area contributed by atoms with Gasteiger partial charge in [0.05, 0.1) is 0 Å². The van der Waals surface area contributed by atoms with E-state index in [2.05, 4.69) is 34.3 Å². The van der Waals surface area contributed by atoms with Gasteiger partial charge in [0.1, 0.15) is 5.82 Å². The minimum Gasteiger partial charge on any atom is -0.354 e. The summed E-state index contributed by atoms with van der Waals surface area (Å²) in [6.07, 6.45) is 7.39. The Kier molecular flexibility index (Phi) is 4.37. The Bertz CT molecular complexity index is 328. The molecule has 0 aliphatic heterocycles. The molecule has 17 heavy (non-hydrogen) atoms. The lowest BCUT2D eigenvalue weighted by Gasteiger charge is -2.28. The van der Waals surface area contributed by atoms with E-state index >= 15 is 0 Å². The van der Waals surface area contributed by atoms with Crippen molar-refractivity contribution in [3.8, 4) is 0 Å². The van der Waals surface area contributed by atoms with Crippen LogP contribution in [0.3, 0.4) is 0 Å². The summed E-state index contributed by atoms with van der Waals surface area (Å²) in [4.78, 5) is 7.05. The zero-order valence-electron chi connectivity index (χ0n) is 10.9. The second-order valence-electron chi connectivity index (χ2n) is 4.78. The fraction of sp³-hybridized carbons (Fsp3) is 0.643. The first kappa shape index (κ1) is 12.4. The Morgan fingerprint density at radius 1 is 1.35 bits per heavy atom. The molecule has 1 aliphatic carbocycles. The van der Waals surface area contributed by atoms with Crippen molar-refractivity contribution in [1.82, 2.24) is 10.3 Å². The van der Waals surface area contributed by atoms with Crippen LogP contribution in [0.1, 0.15) is 38.2 Å². The van der Waals surface area contributed by atoms with Gasteiger partial charge in [0.15, 0.2) is 0 Å². The molecule has 1 saturated carbocycles. The Morgan fingerprint density at radius 2 is 2.12 bits per heavy atom. The molecule has 0 atom stereocenters. The first-order valence-electron chi connectivity index (χ1n) is 6.71. The molecule has 1 N–H and O–H groups in total. The standard InChI is InChI=1S/C14H23N3/c1-3-17(13-6-4-5-7-13)14-9-8-12(10-15-2)11-16-14/h8-9,11,13,15H,3-7,10H2,1-2H3. The van der Waals surface area contributed by atoms with Crippen LogP contribution in [-0.4, -0.2) is 24.6 Å². The zero-order valence-corrected chi connectivity index (χ0v) is 10.9. The van der Waals surface area contributed by atoms with Crippen LogP contribution >= 0.6 is 0 Å². The third kappa shape index (κ3) is 2.97. The molecule has 1 aromatic rings. The quantitative estimate of drug-likeness (QED) is 0.847. The first-order chi connectivity index (χ1) is 8.35. The molecule has 2 rings (SSSR count). The number of nitrogens with one attached hydrogen (secondary N) is 1. The van der Waals surface area contributed by atoms with E-state index < -0.39 is 0 Å². The third-order valence-corrected chi connectivity index (χ3v) is 3.59. The predicted molar refractivity (Wildman–Crippen MR) is 72.3 cm³/mol. The maximum Gasteiger partial charge on any atom is 0.128 e. The van der Waals surface area contributed by atoms with Crippen molar-refractivity contribution in [3.63, 3.8) is 0 Å². The molecule has 3 nitrogen and oxygen atoms in total. The number of hydrogen-bond donors (Lipinski definition) is 1. The highest BCUT2D eigenvalue weighted by molar-refractivity contribution is 5.40. The maximum absolute atomic E-state index is 4.60. The molecule has 0 bridgehead atoms. The van der Waals surface area contributed by atoms with Crippen LogP contribution in [0.2, 0.25) is 0 Å². The van der Waals surface area contributed by atoms with Crippen molar-refractivity contribution in [3.05, 3.63) is 23.9 Å². The van der Waals surface area contributed by atoms with Crippen LogP contribution in [0.5, 0.6) is 0 Å². The molecule has 1 aromatic heterocycles. The SMILES string of the molecule is CCN(c1ccc(CNC)cn1)C1CCCC1. The lowest BCUT2D eigenvalue weighted by atomic mass is 10.2. The number of anilines is 1. The summed E-state index contributed by atoms with van der Waals surface area (Å²) in [5, 5.41) is 3.15. The number of aromatic nitrogens is 1. The summed E-state index contributed by atoms with van der Waals surface area (Å²) in [6, 6.07) is 5.05. The van der Waals surface area contributed by atoms with E-state index in [9.17, 15) is 0 Å². The molecule has 0 aromatic carbocycles. The highest BCUT2D eigenvalue weighted by Crippen LogP contribution is 2.26. The van der Waals surface area contributed by atoms with E-state index in [1.807, 2.05) is 13.2 Å². The van der Waals surface area contributed by atoms with Crippen molar-refractivity contribution < 1.29 is 0 Å². The van der Waals surface area contributed by atoms with Crippen LogP contribution in [0.25, 0.3) is 0 Å². The molecular formula is C14H23N3. The molecule has 1 fully saturated rings. The number of rotatable bonds is 5. The van der Waals surface area contributed by atoms with Gasteiger partial charge in [-0.1, -0.05) is 18.9 Å². The average Bonchev–Trinajstić information content (AvgIpc) is 2.86. The summed E-state index contributed by atoms with van der Waals surface area (Å²) in [6.45, 7) is 4.17. The molecule has 1 aliphatic rings. The molecule has 1 heterocycles. The summed E-state index contributed by atoms with van der Waals surface area (Å²) in [7, 11) is 1.96. The van der Waals surface area contributed by atoms with E-state index in [0.29, 0.717) is 6.04 Å². The fourth-order valence-corrected chi connectivity index (χ4v) is 2.72. The lowest BCUT2D eigenvalue weighted by molar-refractivity contribution is 0.613. The highest BCUT2D eigenvalue weighted by atomic mass is 15.2. The van der Waals surface area contributed by atoms with Gasteiger partial charge in [-0.05, 0) is 38.4 Å². The molecule has 0 radical (unpaired) electrons. The normalized spacial score (nSPS) is 16.4. The van der Waals surface area contributed by atoms with Crippen molar-refractivity contribution >= 4 is 5.82 Å². The number of nitrogens with zero attached hydrogens (tertiary/aromatic N) is 2. The van der Waals surface area contributed by atoms with E-state index in [1.165, 1.54) is 31.2 Å². The molecular weight excluding hydrogens is 210 g/mol. The summed E-state index contributed by atoms with van der Waals surface area (Å²) < 4.78 is 0. The number of hydrogen-bond acceptors (Lipinski definition) is 3. The van der Waals surface area contributed by atoms with Gasteiger partial charge in [-0.2, -0.15) is 0 Å². The smallest absolute Gasteiger partial charge is 0.128 e. The first-order valence-corrected chi connectivity index (χ1v) is 6.71. The summed E-state index contributed by atoms with van der Waals surface area (Å²) >= 11 is 0. The third-order valence-electron chi connectivity index (χ3n) is 3.59. The van der Waals surface area contributed by atoms with Crippen molar-refractivity contribution in [1.29, 1.82) is 0 Å². The molecule has 0 unspecified atom stereocenters. The molecule has 0 amide bonds. The highest BCUT2D eigenvalue weighted by Gasteiger charge is 2.22. The van der Waals surface area contributed by atoms with Crippen LogP contribution in [0, 0.1) is 0 Å². The predicted octanol–water partition coefficient (Wildman–Crippen LogP) is 2.57. The van der Waals surface area contributed by atoms with Crippen LogP contribution < -0.4 is 10.2 Å². The fourth-order valence-electron chi connectivity index (χ4n) is 2.72. The molecule has 3 heteroatoms. The van der Waals surface area contributed by atoms with Gasteiger partial charge in [0, 0.05) is 25.3 Å². The van der Waals surface area contributed by atoms with E-state index in [1.54, 1.807) is 0 Å². The largest absolute Gasteiger partial charge is 0.354 e. The van der Waals surface area contributed by atoms with Crippen molar-refractivity contribution in [2.75, 3.05) is 18.5 Å². The second kappa shape index (κ2) is 6.01. The zero-order chi connectivity index (χ0) is 12.1. The van der Waals surface area contributed by atoms with E-state index in [0.717, 1.165) is 18.9 Å². The van der Waals surface area contributed by atoms with E-state index in [-0.39, 0.29) is 0 Å². The Labute approximate surface area is 104 Å². The molecule has 0 spiro atoms. The molecule has 0 saturated heterocycles. The van der Waals surface area contributed by atoms with Crippen molar-refractivity contribution in [2.24, 2.45) is 0 Å². The Morgan fingerprint density at radius 3 is 2.65 bits per heavy atom. The van der Waals surface area contributed by atoms with Crippen LogP contribution in [0.4, 0.5) is 5.82 Å². The van der Waals surface area contributed by atoms with Gasteiger partial charge in [0.25, 0.3) is 0 Å². The van der Waals surface area contributed by atoms with Crippen LogP contribution in [-0.2, 0) is 6.54 Å². The van der Waals surface area contributed by atoms with E-state index in [4.69, 9.17) is 0 Å². The Balaban J connectivity index is 2.07. The minimum absolute atomic E-state index is 0.711. The number of pyridine rings is 1. The van der Waals surface area contributed by atoms with Gasteiger partial charge in [-0.3, -0.25) is 0 Å². The lowest BCUT2D eigenvalue weighted by Crippen LogP contribution is -2.33. The van der Waals surface area contributed by atoms with Crippen LogP contribution in [0.15, 0.2) is 18.3 Å². The Hall–Kier alpha value is -1.09. The minimum atomic E-state index is 0.711. The van der Waals surface area contributed by atoms with Gasteiger partial charge in [-0.15, -0.1) is 0 Å².